The SMILES string of the molecule is Cc1cnc2c(S(=O)(=O)N(C)Cc3ccc(OC(F)F)cc3)cccc2c1. The van der Waals surface area contributed by atoms with E-state index in [1.165, 1.54) is 29.6 Å². The minimum absolute atomic E-state index is 0.0212. The lowest BCUT2D eigenvalue weighted by molar-refractivity contribution is -0.0498. The second-order valence-electron chi connectivity index (χ2n) is 6.12. The first-order valence-electron chi connectivity index (χ1n) is 8.13. The van der Waals surface area contributed by atoms with Gasteiger partial charge in [0.15, 0.2) is 0 Å². The van der Waals surface area contributed by atoms with Gasteiger partial charge in [0, 0.05) is 25.2 Å². The van der Waals surface area contributed by atoms with E-state index in [0.29, 0.717) is 11.1 Å². The fourth-order valence-corrected chi connectivity index (χ4v) is 4.06. The third-order valence-electron chi connectivity index (χ3n) is 4.05. The van der Waals surface area contributed by atoms with Gasteiger partial charge in [-0.2, -0.15) is 13.1 Å². The number of benzene rings is 2. The third kappa shape index (κ3) is 4.23. The predicted molar refractivity (Wildman–Crippen MR) is 98.2 cm³/mol. The number of fused-ring (bicyclic) bond motifs is 1. The fourth-order valence-electron chi connectivity index (χ4n) is 2.74. The summed E-state index contributed by atoms with van der Waals surface area (Å²) in [5.74, 6) is 0.0212. The summed E-state index contributed by atoms with van der Waals surface area (Å²) in [6.07, 6.45) is 1.63. The zero-order valence-electron chi connectivity index (χ0n) is 14.8. The maximum absolute atomic E-state index is 13.0. The molecular weight excluding hydrogens is 374 g/mol. The average Bonchev–Trinajstić information content (AvgIpc) is 2.62. The number of rotatable bonds is 6. The lowest BCUT2D eigenvalue weighted by Crippen LogP contribution is -2.26. The smallest absolute Gasteiger partial charge is 0.387 e. The number of sulfonamides is 1. The van der Waals surface area contributed by atoms with E-state index in [-0.39, 0.29) is 17.2 Å². The Bertz CT molecular complexity index is 1050. The third-order valence-corrected chi connectivity index (χ3v) is 5.89. The molecule has 5 nitrogen and oxygen atoms in total. The number of alkyl halides is 2. The second kappa shape index (κ2) is 7.58. The van der Waals surface area contributed by atoms with E-state index in [2.05, 4.69) is 9.72 Å². The van der Waals surface area contributed by atoms with Gasteiger partial charge in [-0.3, -0.25) is 4.98 Å². The van der Waals surface area contributed by atoms with Crippen LogP contribution in [0.4, 0.5) is 8.78 Å². The first kappa shape index (κ1) is 19.2. The molecule has 0 radical (unpaired) electrons. The number of hydrogen-bond donors (Lipinski definition) is 0. The van der Waals surface area contributed by atoms with Gasteiger partial charge in [-0.1, -0.05) is 24.3 Å². The van der Waals surface area contributed by atoms with Gasteiger partial charge >= 0.3 is 6.61 Å². The molecule has 0 aliphatic rings. The molecule has 27 heavy (non-hydrogen) atoms. The highest BCUT2D eigenvalue weighted by atomic mass is 32.2. The van der Waals surface area contributed by atoms with E-state index in [0.717, 1.165) is 10.9 Å². The molecule has 0 bridgehead atoms. The molecule has 0 saturated heterocycles. The van der Waals surface area contributed by atoms with Crippen LogP contribution in [0.5, 0.6) is 5.75 Å². The van der Waals surface area contributed by atoms with Crippen molar-refractivity contribution in [3.05, 3.63) is 65.9 Å². The number of nitrogens with zero attached hydrogens (tertiary/aromatic N) is 2. The normalized spacial score (nSPS) is 12.1. The minimum atomic E-state index is -3.79. The number of ether oxygens (including phenoxy) is 1. The highest BCUT2D eigenvalue weighted by molar-refractivity contribution is 7.89. The molecule has 0 fully saturated rings. The first-order valence-corrected chi connectivity index (χ1v) is 9.57. The van der Waals surface area contributed by atoms with Crippen molar-refractivity contribution < 1.29 is 21.9 Å². The van der Waals surface area contributed by atoms with E-state index in [4.69, 9.17) is 0 Å². The van der Waals surface area contributed by atoms with Crippen LogP contribution in [0.15, 0.2) is 59.6 Å². The van der Waals surface area contributed by atoms with Gasteiger partial charge in [-0.05, 0) is 42.3 Å². The number of para-hydroxylation sites is 1. The van der Waals surface area contributed by atoms with Crippen LogP contribution in [0.25, 0.3) is 10.9 Å². The van der Waals surface area contributed by atoms with Crippen molar-refractivity contribution in [1.29, 1.82) is 0 Å². The maximum Gasteiger partial charge on any atom is 0.387 e. The summed E-state index contributed by atoms with van der Waals surface area (Å²) in [5.41, 5.74) is 2.00. The van der Waals surface area contributed by atoms with Gasteiger partial charge < -0.3 is 4.74 Å². The van der Waals surface area contributed by atoms with Gasteiger partial charge in [0.05, 0.1) is 5.52 Å². The van der Waals surface area contributed by atoms with Crippen LogP contribution in [-0.2, 0) is 16.6 Å². The van der Waals surface area contributed by atoms with Crippen molar-refractivity contribution in [2.24, 2.45) is 0 Å². The molecule has 0 saturated carbocycles. The lowest BCUT2D eigenvalue weighted by atomic mass is 10.2. The van der Waals surface area contributed by atoms with E-state index in [1.807, 2.05) is 19.1 Å². The van der Waals surface area contributed by atoms with Crippen molar-refractivity contribution in [2.45, 2.75) is 25.0 Å². The molecule has 2 aromatic carbocycles. The van der Waals surface area contributed by atoms with Crippen LogP contribution in [0.1, 0.15) is 11.1 Å². The van der Waals surface area contributed by atoms with Crippen LogP contribution in [0, 0.1) is 6.92 Å². The first-order chi connectivity index (χ1) is 12.8. The molecule has 1 aromatic heterocycles. The van der Waals surface area contributed by atoms with E-state index < -0.39 is 16.6 Å². The van der Waals surface area contributed by atoms with Gasteiger partial charge in [0.25, 0.3) is 0 Å². The molecule has 0 N–H and O–H groups in total. The Hall–Kier alpha value is -2.58. The largest absolute Gasteiger partial charge is 0.435 e. The number of aryl methyl sites for hydroxylation is 1. The second-order valence-corrected chi connectivity index (χ2v) is 8.14. The molecule has 0 unspecified atom stereocenters. The quantitative estimate of drug-likeness (QED) is 0.637. The summed E-state index contributed by atoms with van der Waals surface area (Å²) in [4.78, 5) is 4.41. The Morgan fingerprint density at radius 1 is 1.15 bits per heavy atom. The van der Waals surface area contributed by atoms with Crippen LogP contribution in [0.2, 0.25) is 0 Å². The standard InChI is InChI=1S/C19H18F2N2O3S/c1-13-10-15-4-3-5-17(18(15)22-11-13)27(24,25)23(2)12-14-6-8-16(9-7-14)26-19(20)21/h3-11,19H,12H2,1-2H3. The lowest BCUT2D eigenvalue weighted by Gasteiger charge is -2.18. The van der Waals surface area contributed by atoms with Crippen molar-refractivity contribution in [3.8, 4) is 5.75 Å². The summed E-state index contributed by atoms with van der Waals surface area (Å²) >= 11 is 0. The van der Waals surface area contributed by atoms with E-state index >= 15 is 0 Å². The van der Waals surface area contributed by atoms with Crippen molar-refractivity contribution >= 4 is 20.9 Å². The Kier molecular flexibility index (Phi) is 5.38. The molecule has 1 heterocycles. The molecule has 0 atom stereocenters. The Morgan fingerprint density at radius 3 is 2.52 bits per heavy atom. The number of pyridine rings is 1. The molecular formula is C19H18F2N2O3S. The molecule has 3 rings (SSSR count). The van der Waals surface area contributed by atoms with Crippen molar-refractivity contribution in [2.75, 3.05) is 7.05 Å². The number of halogens is 2. The molecule has 0 spiro atoms. The Morgan fingerprint density at radius 2 is 1.85 bits per heavy atom. The Balaban J connectivity index is 1.87. The highest BCUT2D eigenvalue weighted by Gasteiger charge is 2.24. The van der Waals surface area contributed by atoms with Crippen LogP contribution in [0.3, 0.4) is 0 Å². The number of aromatic nitrogens is 1. The molecule has 142 valence electrons. The van der Waals surface area contributed by atoms with Gasteiger partial charge in [0.1, 0.15) is 10.6 Å². The fraction of sp³-hybridized carbons (Fsp3) is 0.211. The minimum Gasteiger partial charge on any atom is -0.435 e. The molecule has 8 heteroatoms. The molecule has 0 amide bonds. The Labute approximate surface area is 156 Å². The van der Waals surface area contributed by atoms with Crippen molar-refractivity contribution in [3.63, 3.8) is 0 Å². The van der Waals surface area contributed by atoms with Crippen LogP contribution >= 0.6 is 0 Å². The number of hydrogen-bond acceptors (Lipinski definition) is 4. The summed E-state index contributed by atoms with van der Waals surface area (Å²) in [5, 5.41) is 0.748. The van der Waals surface area contributed by atoms with Crippen LogP contribution in [-0.4, -0.2) is 31.4 Å². The van der Waals surface area contributed by atoms with E-state index in [1.54, 1.807) is 24.4 Å². The van der Waals surface area contributed by atoms with Crippen LogP contribution < -0.4 is 4.74 Å². The van der Waals surface area contributed by atoms with Gasteiger partial charge in [0.2, 0.25) is 10.0 Å². The summed E-state index contributed by atoms with van der Waals surface area (Å²) in [6.45, 7) is -0.929. The molecule has 3 aromatic rings. The van der Waals surface area contributed by atoms with Crippen molar-refractivity contribution in [1.82, 2.24) is 9.29 Å². The summed E-state index contributed by atoms with van der Waals surface area (Å²) in [7, 11) is -2.32. The maximum atomic E-state index is 13.0. The zero-order chi connectivity index (χ0) is 19.6. The van der Waals surface area contributed by atoms with Gasteiger partial charge in [-0.15, -0.1) is 0 Å². The molecule has 0 aliphatic heterocycles. The molecule has 0 aliphatic carbocycles. The van der Waals surface area contributed by atoms with E-state index in [9.17, 15) is 17.2 Å². The monoisotopic (exact) mass is 392 g/mol. The van der Waals surface area contributed by atoms with Gasteiger partial charge in [-0.25, -0.2) is 8.42 Å². The summed E-state index contributed by atoms with van der Waals surface area (Å²) in [6, 6.07) is 12.8. The summed E-state index contributed by atoms with van der Waals surface area (Å²) < 4.78 is 55.9. The predicted octanol–water partition coefficient (Wildman–Crippen LogP) is 3.97. The topological polar surface area (TPSA) is 59.5 Å². The zero-order valence-corrected chi connectivity index (χ0v) is 15.6. The highest BCUT2D eigenvalue weighted by Crippen LogP contribution is 2.25. The average molecular weight is 392 g/mol.